The van der Waals surface area contributed by atoms with Crippen LogP contribution in [0.2, 0.25) is 0 Å². The van der Waals surface area contributed by atoms with Gasteiger partial charge in [0.15, 0.2) is 5.78 Å². The van der Waals surface area contributed by atoms with E-state index in [4.69, 9.17) is 4.74 Å². The van der Waals surface area contributed by atoms with Crippen molar-refractivity contribution < 1.29 is 14.3 Å². The van der Waals surface area contributed by atoms with Crippen LogP contribution < -0.4 is 5.32 Å². The summed E-state index contributed by atoms with van der Waals surface area (Å²) in [6, 6.07) is 0. The maximum absolute atomic E-state index is 12.7. The van der Waals surface area contributed by atoms with Crippen molar-refractivity contribution in [1.82, 2.24) is 5.32 Å². The Morgan fingerprint density at radius 3 is 2.68 bits per heavy atom. The zero-order valence-electron chi connectivity index (χ0n) is 14.0. The maximum atomic E-state index is 12.7. The van der Waals surface area contributed by atoms with Gasteiger partial charge in [-0.15, -0.1) is 0 Å². The molecule has 0 aromatic carbocycles. The molecule has 0 radical (unpaired) electrons. The molecule has 0 amide bonds. The predicted molar refractivity (Wildman–Crippen MR) is 89.4 cm³/mol. The molecule has 1 heterocycles. The molecule has 1 N–H and O–H groups in total. The number of Topliss-reactive ketones (excluding diaryl/α,β-unsaturated/α-hetero) is 1. The molecule has 2 aliphatic rings. The van der Waals surface area contributed by atoms with Crippen LogP contribution >= 0.6 is 11.8 Å². The Labute approximate surface area is 136 Å². The number of rotatable bonds is 4. The predicted octanol–water partition coefficient (Wildman–Crippen LogP) is 3.05. The van der Waals surface area contributed by atoms with Crippen molar-refractivity contribution in [2.24, 2.45) is 11.3 Å². The van der Waals surface area contributed by atoms with Crippen LogP contribution in [0.15, 0.2) is 22.5 Å². The molecule has 0 fully saturated rings. The molecule has 1 atom stereocenters. The summed E-state index contributed by atoms with van der Waals surface area (Å²) in [6.45, 7) is 6.12. The number of hydrogen-bond acceptors (Lipinski definition) is 5. The summed E-state index contributed by atoms with van der Waals surface area (Å²) in [4.78, 5) is 24.9. The van der Waals surface area contributed by atoms with Gasteiger partial charge >= 0.3 is 5.97 Å². The highest BCUT2D eigenvalue weighted by Gasteiger charge is 2.41. The van der Waals surface area contributed by atoms with Crippen molar-refractivity contribution in [2.45, 2.75) is 40.0 Å². The van der Waals surface area contributed by atoms with E-state index in [0.29, 0.717) is 12.0 Å². The van der Waals surface area contributed by atoms with Crippen LogP contribution in [-0.4, -0.2) is 30.9 Å². The van der Waals surface area contributed by atoms with Crippen molar-refractivity contribution in [3.63, 3.8) is 0 Å². The van der Waals surface area contributed by atoms with Gasteiger partial charge in [-0.3, -0.25) is 4.79 Å². The minimum absolute atomic E-state index is 0.0317. The van der Waals surface area contributed by atoms with E-state index in [1.165, 1.54) is 7.11 Å². The largest absolute Gasteiger partial charge is 0.466 e. The molecule has 0 aromatic heterocycles. The number of allylic oxidation sites excluding steroid dienone is 3. The minimum atomic E-state index is -0.333. The van der Waals surface area contributed by atoms with Crippen LogP contribution in [0.25, 0.3) is 0 Å². The van der Waals surface area contributed by atoms with Crippen LogP contribution in [0.3, 0.4) is 0 Å². The third-order valence-electron chi connectivity index (χ3n) is 4.38. The first-order chi connectivity index (χ1) is 10.3. The fraction of sp³-hybridized carbons (Fsp3) is 0.647. The Kier molecular flexibility index (Phi) is 5.05. The van der Waals surface area contributed by atoms with Crippen molar-refractivity contribution >= 4 is 23.5 Å². The standard InChI is InChI=1S/C17H25NO3S/c1-10-14(16(20)21-4)11(6-7-22-5)15-12(18-10)8-17(2,3)9-13(15)19/h11,18H,6-9H2,1-5H3. The number of carbonyl (C=O) groups excluding carboxylic acids is 2. The van der Waals surface area contributed by atoms with Gasteiger partial charge in [0, 0.05) is 29.3 Å². The zero-order valence-corrected chi connectivity index (χ0v) is 14.9. The zero-order chi connectivity index (χ0) is 16.5. The fourth-order valence-corrected chi connectivity index (χ4v) is 3.95. The lowest BCUT2D eigenvalue weighted by Crippen LogP contribution is -2.39. The number of carbonyl (C=O) groups is 2. The summed E-state index contributed by atoms with van der Waals surface area (Å²) in [7, 11) is 1.39. The second kappa shape index (κ2) is 6.49. The van der Waals surface area contributed by atoms with E-state index in [1.807, 2.05) is 13.2 Å². The molecule has 0 aromatic rings. The maximum Gasteiger partial charge on any atom is 0.336 e. The van der Waals surface area contributed by atoms with Crippen molar-refractivity contribution in [2.75, 3.05) is 19.1 Å². The number of hydrogen-bond donors (Lipinski definition) is 1. The Balaban J connectivity index is 2.46. The monoisotopic (exact) mass is 323 g/mol. The van der Waals surface area contributed by atoms with Gasteiger partial charge in [-0.2, -0.15) is 11.8 Å². The molecule has 0 saturated carbocycles. The van der Waals surface area contributed by atoms with Crippen molar-refractivity contribution in [1.29, 1.82) is 0 Å². The normalized spacial score (nSPS) is 24.0. The van der Waals surface area contributed by atoms with E-state index in [1.54, 1.807) is 11.8 Å². The lowest BCUT2D eigenvalue weighted by atomic mass is 9.69. The number of ketones is 1. The van der Waals surface area contributed by atoms with Gasteiger partial charge in [-0.1, -0.05) is 13.8 Å². The van der Waals surface area contributed by atoms with Crippen molar-refractivity contribution in [3.8, 4) is 0 Å². The van der Waals surface area contributed by atoms with Crippen LogP contribution in [0.1, 0.15) is 40.0 Å². The molecule has 5 heteroatoms. The summed E-state index contributed by atoms with van der Waals surface area (Å²) in [5, 5.41) is 3.31. The van der Waals surface area contributed by atoms with E-state index in [-0.39, 0.29) is 23.1 Å². The van der Waals surface area contributed by atoms with E-state index in [0.717, 1.165) is 35.6 Å². The molecule has 4 nitrogen and oxygen atoms in total. The van der Waals surface area contributed by atoms with Gasteiger partial charge in [0.05, 0.1) is 12.7 Å². The third kappa shape index (κ3) is 3.24. The summed E-state index contributed by atoms with van der Waals surface area (Å²) in [6.07, 6.45) is 4.21. The first-order valence-corrected chi connectivity index (χ1v) is 9.01. The van der Waals surface area contributed by atoms with Gasteiger partial charge in [0.1, 0.15) is 0 Å². The van der Waals surface area contributed by atoms with Crippen LogP contribution in [0.4, 0.5) is 0 Å². The van der Waals surface area contributed by atoms with Crippen molar-refractivity contribution in [3.05, 3.63) is 22.5 Å². The van der Waals surface area contributed by atoms with E-state index in [9.17, 15) is 9.59 Å². The minimum Gasteiger partial charge on any atom is -0.466 e. The molecule has 1 aliphatic heterocycles. The average Bonchev–Trinajstić information content (AvgIpc) is 2.41. The smallest absolute Gasteiger partial charge is 0.336 e. The molecule has 1 unspecified atom stereocenters. The number of nitrogens with one attached hydrogen (secondary N) is 1. The number of esters is 1. The SMILES string of the molecule is COC(=O)C1=C(C)NC2=C(C(=O)CC(C)(C)C2)C1CCSC. The first kappa shape index (κ1) is 17.1. The molecule has 1 aliphatic carbocycles. The summed E-state index contributed by atoms with van der Waals surface area (Å²) in [5.41, 5.74) is 3.21. The van der Waals surface area contributed by atoms with E-state index in [2.05, 4.69) is 19.2 Å². The summed E-state index contributed by atoms with van der Waals surface area (Å²) >= 11 is 1.73. The molecule has 122 valence electrons. The van der Waals surface area contributed by atoms with Crippen LogP contribution in [0.5, 0.6) is 0 Å². The summed E-state index contributed by atoms with van der Waals surface area (Å²) < 4.78 is 4.95. The lowest BCUT2D eigenvalue weighted by molar-refractivity contribution is -0.136. The molecule has 22 heavy (non-hydrogen) atoms. The number of thioether (sulfide) groups is 1. The highest BCUT2D eigenvalue weighted by Crippen LogP contribution is 2.44. The van der Waals surface area contributed by atoms with Gasteiger partial charge in [0.25, 0.3) is 0 Å². The second-order valence-corrected chi connectivity index (χ2v) is 7.81. The summed E-state index contributed by atoms with van der Waals surface area (Å²) in [5.74, 6) is 0.602. The lowest BCUT2D eigenvalue weighted by Gasteiger charge is -2.39. The topological polar surface area (TPSA) is 55.4 Å². The Morgan fingerprint density at radius 2 is 2.09 bits per heavy atom. The van der Waals surface area contributed by atoms with Gasteiger partial charge in [-0.25, -0.2) is 4.79 Å². The van der Waals surface area contributed by atoms with Gasteiger partial charge < -0.3 is 10.1 Å². The Morgan fingerprint density at radius 1 is 1.41 bits per heavy atom. The molecular weight excluding hydrogens is 298 g/mol. The van der Waals surface area contributed by atoms with Gasteiger partial charge in [-0.05, 0) is 37.2 Å². The molecule has 2 rings (SSSR count). The van der Waals surface area contributed by atoms with E-state index >= 15 is 0 Å². The second-order valence-electron chi connectivity index (χ2n) is 6.82. The quantitative estimate of drug-likeness (QED) is 0.806. The number of ether oxygens (including phenoxy) is 1. The first-order valence-electron chi connectivity index (χ1n) is 7.62. The van der Waals surface area contributed by atoms with Crippen LogP contribution in [0, 0.1) is 11.3 Å². The third-order valence-corrected chi connectivity index (χ3v) is 5.02. The fourth-order valence-electron chi connectivity index (χ4n) is 3.48. The molecule has 0 spiro atoms. The van der Waals surface area contributed by atoms with Crippen LogP contribution in [-0.2, 0) is 14.3 Å². The average molecular weight is 323 g/mol. The number of methoxy groups -OCH3 is 1. The Hall–Kier alpha value is -1.23. The Bertz CT molecular complexity index is 560. The van der Waals surface area contributed by atoms with E-state index < -0.39 is 0 Å². The highest BCUT2D eigenvalue weighted by molar-refractivity contribution is 7.98. The molecule has 0 saturated heterocycles. The molecule has 0 bridgehead atoms. The number of dihydropyridines is 1. The molecular formula is C17H25NO3S. The highest BCUT2D eigenvalue weighted by atomic mass is 32.2. The van der Waals surface area contributed by atoms with Gasteiger partial charge in [0.2, 0.25) is 0 Å².